The molecule has 0 aliphatic heterocycles. The molecule has 0 aromatic carbocycles. The molecule has 0 fully saturated rings. The monoisotopic (exact) mass is 212 g/mol. The number of hydrogen-bond acceptors (Lipinski definition) is 4. The summed E-state index contributed by atoms with van der Waals surface area (Å²) in [6, 6.07) is 0.507. The van der Waals surface area contributed by atoms with Crippen LogP contribution >= 0.6 is 0 Å². The Morgan fingerprint density at radius 2 is 2.13 bits per heavy atom. The fraction of sp³-hybridized carbons (Fsp3) is 0.727. The van der Waals surface area contributed by atoms with Crippen molar-refractivity contribution in [2.75, 3.05) is 13.2 Å². The number of aryl methyl sites for hydroxylation is 2. The molecule has 0 bridgehead atoms. The number of aromatic nitrogens is 1. The zero-order chi connectivity index (χ0) is 11.3. The normalized spacial score (nSPS) is 11.3. The van der Waals surface area contributed by atoms with Gasteiger partial charge in [-0.2, -0.15) is 0 Å². The molecular formula is C11H20N2O2. The SMILES string of the molecule is Cc1noc(C)c1COCCNC(C)C. The summed E-state index contributed by atoms with van der Waals surface area (Å²) in [7, 11) is 0. The van der Waals surface area contributed by atoms with Gasteiger partial charge in [0.15, 0.2) is 0 Å². The van der Waals surface area contributed by atoms with Gasteiger partial charge in [-0.05, 0) is 13.8 Å². The summed E-state index contributed by atoms with van der Waals surface area (Å²) in [5.74, 6) is 0.851. The first-order valence-corrected chi connectivity index (χ1v) is 5.34. The lowest BCUT2D eigenvalue weighted by Crippen LogP contribution is -2.26. The van der Waals surface area contributed by atoms with Crippen molar-refractivity contribution < 1.29 is 9.26 Å². The first kappa shape index (κ1) is 12.2. The van der Waals surface area contributed by atoms with E-state index in [0.29, 0.717) is 19.3 Å². The lowest BCUT2D eigenvalue weighted by Gasteiger charge is -2.08. The Morgan fingerprint density at radius 1 is 1.40 bits per heavy atom. The molecule has 0 aliphatic carbocycles. The maximum atomic E-state index is 5.53. The third-order valence-corrected chi connectivity index (χ3v) is 2.23. The highest BCUT2D eigenvalue weighted by Gasteiger charge is 2.08. The van der Waals surface area contributed by atoms with Gasteiger partial charge in [0, 0.05) is 18.2 Å². The smallest absolute Gasteiger partial charge is 0.139 e. The molecule has 0 atom stereocenters. The van der Waals surface area contributed by atoms with Crippen LogP contribution in [0.5, 0.6) is 0 Å². The minimum atomic E-state index is 0.507. The first-order valence-electron chi connectivity index (χ1n) is 5.34. The molecule has 0 saturated heterocycles. The molecule has 4 heteroatoms. The van der Waals surface area contributed by atoms with Crippen LogP contribution in [0.4, 0.5) is 0 Å². The third kappa shape index (κ3) is 4.01. The van der Waals surface area contributed by atoms with Gasteiger partial charge in [0.1, 0.15) is 5.76 Å². The molecule has 1 aromatic heterocycles. The molecule has 1 heterocycles. The third-order valence-electron chi connectivity index (χ3n) is 2.23. The Kier molecular flexibility index (Phi) is 4.78. The van der Waals surface area contributed by atoms with Gasteiger partial charge in [0.25, 0.3) is 0 Å². The molecule has 0 spiro atoms. The molecule has 4 nitrogen and oxygen atoms in total. The van der Waals surface area contributed by atoms with Crippen LogP contribution in [-0.4, -0.2) is 24.4 Å². The van der Waals surface area contributed by atoms with Crippen LogP contribution in [0.15, 0.2) is 4.52 Å². The van der Waals surface area contributed by atoms with Crippen molar-refractivity contribution >= 4 is 0 Å². The van der Waals surface area contributed by atoms with Crippen LogP contribution < -0.4 is 5.32 Å². The van der Waals surface area contributed by atoms with Crippen molar-refractivity contribution in [3.63, 3.8) is 0 Å². The van der Waals surface area contributed by atoms with E-state index in [9.17, 15) is 0 Å². The topological polar surface area (TPSA) is 47.3 Å². The second-order valence-corrected chi connectivity index (χ2v) is 3.96. The lowest BCUT2D eigenvalue weighted by atomic mass is 10.2. The molecule has 0 unspecified atom stereocenters. The van der Waals surface area contributed by atoms with Crippen LogP contribution in [0.25, 0.3) is 0 Å². The highest BCUT2D eigenvalue weighted by molar-refractivity contribution is 5.19. The molecule has 1 rings (SSSR count). The minimum absolute atomic E-state index is 0.507. The van der Waals surface area contributed by atoms with Gasteiger partial charge < -0.3 is 14.6 Å². The van der Waals surface area contributed by atoms with E-state index in [0.717, 1.165) is 23.6 Å². The summed E-state index contributed by atoms with van der Waals surface area (Å²) in [6.07, 6.45) is 0. The Bertz CT molecular complexity index is 275. The minimum Gasteiger partial charge on any atom is -0.375 e. The van der Waals surface area contributed by atoms with Gasteiger partial charge in [-0.25, -0.2) is 0 Å². The fourth-order valence-corrected chi connectivity index (χ4v) is 1.30. The van der Waals surface area contributed by atoms with Gasteiger partial charge in [-0.3, -0.25) is 0 Å². The van der Waals surface area contributed by atoms with Crippen molar-refractivity contribution in [1.29, 1.82) is 0 Å². The average molecular weight is 212 g/mol. The van der Waals surface area contributed by atoms with E-state index in [1.54, 1.807) is 0 Å². The highest BCUT2D eigenvalue weighted by atomic mass is 16.5. The molecule has 1 aromatic rings. The predicted octanol–water partition coefficient (Wildman–Crippen LogP) is 1.81. The second-order valence-electron chi connectivity index (χ2n) is 3.96. The standard InChI is InChI=1S/C11H20N2O2/c1-8(2)12-5-6-14-7-11-9(3)13-15-10(11)4/h8,12H,5-7H2,1-4H3. The Hall–Kier alpha value is -0.870. The summed E-state index contributed by atoms with van der Waals surface area (Å²) in [5, 5.41) is 7.16. The van der Waals surface area contributed by atoms with Crippen molar-refractivity contribution in [2.45, 2.75) is 40.3 Å². The van der Waals surface area contributed by atoms with E-state index >= 15 is 0 Å². The Labute approximate surface area is 91.0 Å². The largest absolute Gasteiger partial charge is 0.375 e. The number of nitrogens with one attached hydrogen (secondary N) is 1. The fourth-order valence-electron chi connectivity index (χ4n) is 1.30. The highest BCUT2D eigenvalue weighted by Crippen LogP contribution is 2.12. The molecule has 0 aliphatic rings. The van der Waals surface area contributed by atoms with Gasteiger partial charge in [0.2, 0.25) is 0 Å². The molecule has 15 heavy (non-hydrogen) atoms. The molecule has 0 radical (unpaired) electrons. The van der Waals surface area contributed by atoms with Gasteiger partial charge in [0.05, 0.1) is 18.9 Å². The molecular weight excluding hydrogens is 192 g/mol. The number of rotatable bonds is 6. The maximum absolute atomic E-state index is 5.53. The van der Waals surface area contributed by atoms with E-state index < -0.39 is 0 Å². The quantitative estimate of drug-likeness (QED) is 0.730. The maximum Gasteiger partial charge on any atom is 0.139 e. The number of nitrogens with zero attached hydrogens (tertiary/aromatic N) is 1. The summed E-state index contributed by atoms with van der Waals surface area (Å²) in [6.45, 7) is 10.2. The van der Waals surface area contributed by atoms with E-state index in [-0.39, 0.29) is 0 Å². The van der Waals surface area contributed by atoms with Crippen molar-refractivity contribution in [2.24, 2.45) is 0 Å². The van der Waals surface area contributed by atoms with E-state index in [2.05, 4.69) is 24.3 Å². The van der Waals surface area contributed by atoms with Crippen LogP contribution in [-0.2, 0) is 11.3 Å². The van der Waals surface area contributed by atoms with Crippen LogP contribution in [0.2, 0.25) is 0 Å². The average Bonchev–Trinajstić information content (AvgIpc) is 2.47. The van der Waals surface area contributed by atoms with E-state index in [1.807, 2.05) is 13.8 Å². The Balaban J connectivity index is 2.20. The lowest BCUT2D eigenvalue weighted by molar-refractivity contribution is 0.120. The summed E-state index contributed by atoms with van der Waals surface area (Å²) < 4.78 is 10.6. The zero-order valence-electron chi connectivity index (χ0n) is 9.96. The zero-order valence-corrected chi connectivity index (χ0v) is 9.96. The van der Waals surface area contributed by atoms with E-state index in [1.165, 1.54) is 0 Å². The van der Waals surface area contributed by atoms with E-state index in [4.69, 9.17) is 9.26 Å². The van der Waals surface area contributed by atoms with Gasteiger partial charge in [-0.1, -0.05) is 19.0 Å². The summed E-state index contributed by atoms with van der Waals surface area (Å²) in [5.41, 5.74) is 1.99. The van der Waals surface area contributed by atoms with Crippen molar-refractivity contribution in [3.05, 3.63) is 17.0 Å². The van der Waals surface area contributed by atoms with Crippen molar-refractivity contribution in [1.82, 2.24) is 10.5 Å². The molecule has 0 saturated carbocycles. The second kappa shape index (κ2) is 5.88. The predicted molar refractivity (Wildman–Crippen MR) is 58.8 cm³/mol. The van der Waals surface area contributed by atoms with Crippen LogP contribution in [0.1, 0.15) is 30.9 Å². The van der Waals surface area contributed by atoms with Crippen LogP contribution in [0, 0.1) is 13.8 Å². The molecule has 0 amide bonds. The molecule has 1 N–H and O–H groups in total. The van der Waals surface area contributed by atoms with Crippen LogP contribution in [0.3, 0.4) is 0 Å². The van der Waals surface area contributed by atoms with Gasteiger partial charge in [-0.15, -0.1) is 0 Å². The number of hydrogen-bond donors (Lipinski definition) is 1. The number of ether oxygens (including phenoxy) is 1. The summed E-state index contributed by atoms with van der Waals surface area (Å²) >= 11 is 0. The van der Waals surface area contributed by atoms with Gasteiger partial charge >= 0.3 is 0 Å². The summed E-state index contributed by atoms with van der Waals surface area (Å²) in [4.78, 5) is 0. The van der Waals surface area contributed by atoms with Crippen molar-refractivity contribution in [3.8, 4) is 0 Å². The Morgan fingerprint density at radius 3 is 2.67 bits per heavy atom. The first-order chi connectivity index (χ1) is 7.11. The molecule has 86 valence electrons.